The first-order chi connectivity index (χ1) is 14.3. The molecule has 0 spiro atoms. The number of halogens is 1. The Labute approximate surface area is 176 Å². The highest BCUT2D eigenvalue weighted by Crippen LogP contribution is 2.19. The van der Waals surface area contributed by atoms with E-state index in [2.05, 4.69) is 16.3 Å². The van der Waals surface area contributed by atoms with Gasteiger partial charge in [0.1, 0.15) is 23.9 Å². The third-order valence-electron chi connectivity index (χ3n) is 4.82. The van der Waals surface area contributed by atoms with Crippen molar-refractivity contribution in [1.82, 2.24) is 9.62 Å². The lowest BCUT2D eigenvalue weighted by molar-refractivity contribution is -0.118. The number of carbonyl (C=O) groups excluding carboxylic acids is 1. The van der Waals surface area contributed by atoms with Crippen LogP contribution in [0.15, 0.2) is 48.5 Å². The summed E-state index contributed by atoms with van der Waals surface area (Å²) in [5.41, 5.74) is 2.23. The quantitative estimate of drug-likeness (QED) is 0.640. The maximum Gasteiger partial charge on any atom is 0.236 e. The number of rotatable bonds is 8. The monoisotopic (exact) mass is 435 g/mol. The van der Waals surface area contributed by atoms with Crippen LogP contribution < -0.4 is 15.0 Å². The standard InChI is InChI=1S/C21H26FN3O4S/c1-17-3-2-4-19(15-17)24-10-12-25(13-11-24)30(27,28)16-21(26)23-9-14-29-20-7-5-18(22)6-8-20/h2-8,15H,9-14,16H2,1H3,(H,23,26). The molecule has 3 rings (SSSR count). The second kappa shape index (κ2) is 9.90. The summed E-state index contributed by atoms with van der Waals surface area (Å²) in [4.78, 5) is 14.2. The Balaban J connectivity index is 1.41. The van der Waals surface area contributed by atoms with Crippen LogP contribution in [-0.4, -0.2) is 63.7 Å². The molecular weight excluding hydrogens is 409 g/mol. The highest BCUT2D eigenvalue weighted by Gasteiger charge is 2.29. The van der Waals surface area contributed by atoms with Crippen molar-refractivity contribution in [2.75, 3.05) is 50.0 Å². The molecule has 1 heterocycles. The molecule has 30 heavy (non-hydrogen) atoms. The van der Waals surface area contributed by atoms with Gasteiger partial charge in [-0.25, -0.2) is 12.8 Å². The van der Waals surface area contributed by atoms with Gasteiger partial charge in [0.25, 0.3) is 0 Å². The van der Waals surface area contributed by atoms with E-state index in [9.17, 15) is 17.6 Å². The van der Waals surface area contributed by atoms with E-state index in [0.717, 1.165) is 11.3 Å². The van der Waals surface area contributed by atoms with E-state index in [1.54, 1.807) is 0 Å². The van der Waals surface area contributed by atoms with Crippen LogP contribution in [0.4, 0.5) is 10.1 Å². The molecule has 0 saturated carbocycles. The first-order valence-electron chi connectivity index (χ1n) is 9.78. The molecular formula is C21H26FN3O4S. The number of benzene rings is 2. The molecule has 1 aliphatic heterocycles. The fourth-order valence-electron chi connectivity index (χ4n) is 3.25. The number of nitrogens with zero attached hydrogens (tertiary/aromatic N) is 2. The summed E-state index contributed by atoms with van der Waals surface area (Å²) in [5.74, 6) is -1.04. The van der Waals surface area contributed by atoms with Crippen molar-refractivity contribution in [2.45, 2.75) is 6.92 Å². The second-order valence-electron chi connectivity index (χ2n) is 7.13. The zero-order valence-electron chi connectivity index (χ0n) is 16.9. The number of sulfonamides is 1. The maximum absolute atomic E-state index is 12.8. The number of nitrogens with one attached hydrogen (secondary N) is 1. The van der Waals surface area contributed by atoms with Crippen molar-refractivity contribution in [3.05, 3.63) is 59.9 Å². The van der Waals surface area contributed by atoms with E-state index in [1.165, 1.54) is 28.6 Å². The lowest BCUT2D eigenvalue weighted by Crippen LogP contribution is -2.50. The number of hydrogen-bond acceptors (Lipinski definition) is 5. The first kappa shape index (κ1) is 22.0. The van der Waals surface area contributed by atoms with Crippen LogP contribution in [0.25, 0.3) is 0 Å². The summed E-state index contributed by atoms with van der Waals surface area (Å²) in [5, 5.41) is 2.55. The largest absolute Gasteiger partial charge is 0.492 e. The Morgan fingerprint density at radius 3 is 2.47 bits per heavy atom. The van der Waals surface area contributed by atoms with Crippen LogP contribution in [0.3, 0.4) is 0 Å². The summed E-state index contributed by atoms with van der Waals surface area (Å²) in [6, 6.07) is 13.6. The van der Waals surface area contributed by atoms with Crippen LogP contribution in [-0.2, 0) is 14.8 Å². The summed E-state index contributed by atoms with van der Waals surface area (Å²) < 4.78 is 44.7. The SMILES string of the molecule is Cc1cccc(N2CCN(S(=O)(=O)CC(=O)NCCOc3ccc(F)cc3)CC2)c1. The lowest BCUT2D eigenvalue weighted by atomic mass is 10.2. The number of piperazine rings is 1. The predicted octanol–water partition coefficient (Wildman–Crippen LogP) is 1.78. The molecule has 7 nitrogen and oxygen atoms in total. The molecule has 0 unspecified atom stereocenters. The first-order valence-corrected chi connectivity index (χ1v) is 11.4. The van der Waals surface area contributed by atoms with Gasteiger partial charge < -0.3 is 15.0 Å². The zero-order chi connectivity index (χ0) is 21.6. The summed E-state index contributed by atoms with van der Waals surface area (Å²) in [6.45, 7) is 4.19. The number of aryl methyl sites for hydroxylation is 1. The van der Waals surface area contributed by atoms with Crippen molar-refractivity contribution in [3.63, 3.8) is 0 Å². The molecule has 0 atom stereocenters. The smallest absolute Gasteiger partial charge is 0.236 e. The van der Waals surface area contributed by atoms with E-state index in [-0.39, 0.29) is 19.0 Å². The molecule has 9 heteroatoms. The molecule has 1 aliphatic rings. The van der Waals surface area contributed by atoms with E-state index < -0.39 is 21.7 Å². The number of ether oxygens (including phenoxy) is 1. The van der Waals surface area contributed by atoms with Gasteiger partial charge in [-0.3, -0.25) is 4.79 Å². The van der Waals surface area contributed by atoms with Gasteiger partial charge in [-0.1, -0.05) is 12.1 Å². The van der Waals surface area contributed by atoms with Gasteiger partial charge in [0.15, 0.2) is 0 Å². The van der Waals surface area contributed by atoms with Crippen molar-refractivity contribution in [3.8, 4) is 5.75 Å². The minimum absolute atomic E-state index is 0.159. The topological polar surface area (TPSA) is 79.0 Å². The molecule has 1 amide bonds. The number of hydrogen-bond donors (Lipinski definition) is 1. The molecule has 2 aromatic carbocycles. The number of anilines is 1. The molecule has 1 N–H and O–H groups in total. The predicted molar refractivity (Wildman–Crippen MR) is 114 cm³/mol. The Morgan fingerprint density at radius 1 is 1.10 bits per heavy atom. The van der Waals surface area contributed by atoms with Gasteiger partial charge in [0.2, 0.25) is 15.9 Å². The van der Waals surface area contributed by atoms with Gasteiger partial charge >= 0.3 is 0 Å². The molecule has 0 aromatic heterocycles. The Bertz CT molecular complexity index is 958. The molecule has 0 bridgehead atoms. The average Bonchev–Trinajstić information content (AvgIpc) is 2.72. The van der Waals surface area contributed by atoms with Crippen molar-refractivity contribution in [1.29, 1.82) is 0 Å². The minimum atomic E-state index is -3.68. The normalized spacial score (nSPS) is 15.1. The van der Waals surface area contributed by atoms with E-state index in [4.69, 9.17) is 4.74 Å². The maximum atomic E-state index is 12.8. The highest BCUT2D eigenvalue weighted by atomic mass is 32.2. The molecule has 1 saturated heterocycles. The van der Waals surface area contributed by atoms with Crippen LogP contribution in [0.5, 0.6) is 5.75 Å². The van der Waals surface area contributed by atoms with Crippen molar-refractivity contribution < 1.29 is 22.3 Å². The third kappa shape index (κ3) is 6.17. The van der Waals surface area contributed by atoms with E-state index in [0.29, 0.717) is 31.9 Å². The zero-order valence-corrected chi connectivity index (χ0v) is 17.7. The Morgan fingerprint density at radius 2 is 1.80 bits per heavy atom. The van der Waals surface area contributed by atoms with Crippen LogP contribution in [0.1, 0.15) is 5.56 Å². The number of amides is 1. The van der Waals surface area contributed by atoms with E-state index >= 15 is 0 Å². The fourth-order valence-corrected chi connectivity index (χ4v) is 4.58. The Hall–Kier alpha value is -2.65. The van der Waals surface area contributed by atoms with Gasteiger partial charge in [0.05, 0.1) is 6.54 Å². The molecule has 2 aromatic rings. The fraction of sp³-hybridized carbons (Fsp3) is 0.381. The van der Waals surface area contributed by atoms with Crippen LogP contribution >= 0.6 is 0 Å². The molecule has 162 valence electrons. The van der Waals surface area contributed by atoms with Crippen LogP contribution in [0.2, 0.25) is 0 Å². The lowest BCUT2D eigenvalue weighted by Gasteiger charge is -2.35. The van der Waals surface area contributed by atoms with Gasteiger partial charge in [-0.2, -0.15) is 4.31 Å². The second-order valence-corrected chi connectivity index (χ2v) is 9.10. The van der Waals surface area contributed by atoms with Crippen molar-refractivity contribution >= 4 is 21.6 Å². The van der Waals surface area contributed by atoms with Crippen LogP contribution in [0, 0.1) is 12.7 Å². The molecule has 0 radical (unpaired) electrons. The van der Waals surface area contributed by atoms with E-state index in [1.807, 2.05) is 25.1 Å². The molecule has 0 aliphatic carbocycles. The number of carbonyl (C=O) groups is 1. The summed E-state index contributed by atoms with van der Waals surface area (Å²) in [7, 11) is -3.68. The van der Waals surface area contributed by atoms with Crippen molar-refractivity contribution in [2.24, 2.45) is 0 Å². The Kier molecular flexibility index (Phi) is 7.28. The van der Waals surface area contributed by atoms with Gasteiger partial charge in [0, 0.05) is 31.9 Å². The third-order valence-corrected chi connectivity index (χ3v) is 6.60. The highest BCUT2D eigenvalue weighted by molar-refractivity contribution is 7.89. The minimum Gasteiger partial charge on any atom is -0.492 e. The van der Waals surface area contributed by atoms with Gasteiger partial charge in [-0.15, -0.1) is 0 Å². The average molecular weight is 436 g/mol. The summed E-state index contributed by atoms with van der Waals surface area (Å²) >= 11 is 0. The summed E-state index contributed by atoms with van der Waals surface area (Å²) in [6.07, 6.45) is 0. The van der Waals surface area contributed by atoms with Gasteiger partial charge in [-0.05, 0) is 48.9 Å². The molecule has 1 fully saturated rings.